The van der Waals surface area contributed by atoms with E-state index in [0.29, 0.717) is 37.3 Å². The van der Waals surface area contributed by atoms with Crippen LogP contribution < -0.4 is 5.32 Å². The average Bonchev–Trinajstić information content (AvgIpc) is 2.61. The zero-order valence-electron chi connectivity index (χ0n) is 15.1. The predicted molar refractivity (Wildman–Crippen MR) is 95.2 cm³/mol. The van der Waals surface area contributed by atoms with Crippen LogP contribution in [0.2, 0.25) is 0 Å². The summed E-state index contributed by atoms with van der Waals surface area (Å²) < 4.78 is 36.0. The lowest BCUT2D eigenvalue weighted by atomic mass is 10.0. The minimum Gasteiger partial charge on any atom is -0.455 e. The summed E-state index contributed by atoms with van der Waals surface area (Å²) in [5.41, 5.74) is 0.894. The zero-order valence-corrected chi connectivity index (χ0v) is 16.0. The van der Waals surface area contributed by atoms with Crippen molar-refractivity contribution in [1.82, 2.24) is 4.31 Å². The van der Waals surface area contributed by atoms with Gasteiger partial charge in [0.25, 0.3) is 5.91 Å². The number of benzene rings is 1. The summed E-state index contributed by atoms with van der Waals surface area (Å²) in [7, 11) is -0.741. The van der Waals surface area contributed by atoms with E-state index in [-0.39, 0.29) is 10.8 Å². The van der Waals surface area contributed by atoms with Gasteiger partial charge in [0.15, 0.2) is 6.61 Å². The third-order valence-corrected chi connectivity index (χ3v) is 6.09. The predicted octanol–water partition coefficient (Wildman–Crippen LogP) is 1.15. The first-order valence-corrected chi connectivity index (χ1v) is 9.73. The second kappa shape index (κ2) is 8.61. The molecule has 0 bridgehead atoms. The number of rotatable bonds is 6. The van der Waals surface area contributed by atoms with Crippen molar-refractivity contribution in [3.05, 3.63) is 23.8 Å². The van der Waals surface area contributed by atoms with Gasteiger partial charge in [0, 0.05) is 33.0 Å². The highest BCUT2D eigenvalue weighted by Crippen LogP contribution is 2.22. The number of sulfonamides is 1. The zero-order chi connectivity index (χ0) is 19.3. The first-order valence-electron chi connectivity index (χ1n) is 8.29. The quantitative estimate of drug-likeness (QED) is 0.739. The average molecular weight is 384 g/mol. The summed E-state index contributed by atoms with van der Waals surface area (Å²) in [5, 5.41) is 2.56. The molecule has 1 amide bonds. The molecule has 8 nitrogen and oxygen atoms in total. The molecule has 0 radical (unpaired) electrons. The van der Waals surface area contributed by atoms with Gasteiger partial charge in [-0.2, -0.15) is 0 Å². The fraction of sp³-hybridized carbons (Fsp3) is 0.529. The molecule has 0 aliphatic carbocycles. The van der Waals surface area contributed by atoms with E-state index in [1.807, 2.05) is 0 Å². The highest BCUT2D eigenvalue weighted by molar-refractivity contribution is 7.89. The molecule has 0 aromatic heterocycles. The van der Waals surface area contributed by atoms with Gasteiger partial charge in [-0.3, -0.25) is 9.59 Å². The summed E-state index contributed by atoms with van der Waals surface area (Å²) in [6.07, 6.45) is 1.17. The highest BCUT2D eigenvalue weighted by Gasteiger charge is 2.24. The van der Waals surface area contributed by atoms with Gasteiger partial charge < -0.3 is 14.8 Å². The SMILES string of the molecule is Cc1ccc(NC(=O)COC(=O)C2CCOCC2)cc1S(=O)(=O)N(C)C. The summed E-state index contributed by atoms with van der Waals surface area (Å²) >= 11 is 0. The minimum absolute atomic E-state index is 0.111. The number of hydrogen-bond acceptors (Lipinski definition) is 6. The Bertz CT molecular complexity index is 769. The lowest BCUT2D eigenvalue weighted by Gasteiger charge is -2.20. The normalized spacial score (nSPS) is 15.7. The molecule has 1 aromatic carbocycles. The van der Waals surface area contributed by atoms with Crippen LogP contribution >= 0.6 is 0 Å². The molecule has 144 valence electrons. The standard InChI is InChI=1S/C17H24N2O6S/c1-12-4-5-14(10-15(12)26(22,23)19(2)3)18-16(20)11-25-17(21)13-6-8-24-9-7-13/h4-5,10,13H,6-9,11H2,1-3H3,(H,18,20). The maximum Gasteiger partial charge on any atom is 0.309 e. The van der Waals surface area contributed by atoms with Crippen LogP contribution in [0.1, 0.15) is 18.4 Å². The van der Waals surface area contributed by atoms with Gasteiger partial charge in [-0.05, 0) is 37.5 Å². The smallest absolute Gasteiger partial charge is 0.309 e. The van der Waals surface area contributed by atoms with Crippen molar-refractivity contribution in [3.8, 4) is 0 Å². The van der Waals surface area contributed by atoms with Crippen molar-refractivity contribution in [1.29, 1.82) is 0 Å². The number of esters is 1. The Morgan fingerprint density at radius 2 is 1.92 bits per heavy atom. The van der Waals surface area contributed by atoms with E-state index in [1.54, 1.807) is 19.1 Å². The van der Waals surface area contributed by atoms with Gasteiger partial charge in [-0.15, -0.1) is 0 Å². The Balaban J connectivity index is 1.97. The van der Waals surface area contributed by atoms with Crippen LogP contribution in [0.25, 0.3) is 0 Å². The molecule has 1 heterocycles. The van der Waals surface area contributed by atoms with Crippen LogP contribution in [-0.4, -0.2) is 58.5 Å². The molecule has 0 atom stereocenters. The fourth-order valence-corrected chi connectivity index (χ4v) is 3.68. The minimum atomic E-state index is -3.62. The molecule has 0 saturated carbocycles. The van der Waals surface area contributed by atoms with E-state index in [2.05, 4.69) is 5.32 Å². The van der Waals surface area contributed by atoms with Crippen molar-refractivity contribution < 1.29 is 27.5 Å². The molecule has 1 saturated heterocycles. The molecular formula is C17H24N2O6S. The van der Waals surface area contributed by atoms with Crippen LogP contribution in [0.4, 0.5) is 5.69 Å². The Morgan fingerprint density at radius 1 is 1.27 bits per heavy atom. The van der Waals surface area contributed by atoms with Crippen molar-refractivity contribution in [2.75, 3.05) is 39.2 Å². The van der Waals surface area contributed by atoms with Crippen LogP contribution in [0.5, 0.6) is 0 Å². The van der Waals surface area contributed by atoms with E-state index in [1.165, 1.54) is 20.2 Å². The maximum atomic E-state index is 12.3. The first-order chi connectivity index (χ1) is 12.2. The second-order valence-electron chi connectivity index (χ2n) is 6.31. The molecule has 26 heavy (non-hydrogen) atoms. The van der Waals surface area contributed by atoms with Gasteiger partial charge in [-0.25, -0.2) is 12.7 Å². The van der Waals surface area contributed by atoms with Crippen LogP contribution in [-0.2, 0) is 29.1 Å². The van der Waals surface area contributed by atoms with E-state index < -0.39 is 28.5 Å². The van der Waals surface area contributed by atoms with Crippen molar-refractivity contribution >= 4 is 27.6 Å². The van der Waals surface area contributed by atoms with E-state index in [9.17, 15) is 18.0 Å². The largest absolute Gasteiger partial charge is 0.455 e. The molecule has 0 spiro atoms. The number of nitrogens with one attached hydrogen (secondary N) is 1. The van der Waals surface area contributed by atoms with Gasteiger partial charge in [-0.1, -0.05) is 6.07 Å². The molecule has 0 unspecified atom stereocenters. The molecule has 2 rings (SSSR count). The van der Waals surface area contributed by atoms with Crippen molar-refractivity contribution in [3.63, 3.8) is 0 Å². The summed E-state index contributed by atoms with van der Waals surface area (Å²) in [6.45, 7) is 2.29. The number of anilines is 1. The van der Waals surface area contributed by atoms with Crippen LogP contribution in [0.15, 0.2) is 23.1 Å². The molecule has 1 fully saturated rings. The van der Waals surface area contributed by atoms with Crippen LogP contribution in [0.3, 0.4) is 0 Å². The number of hydrogen-bond donors (Lipinski definition) is 1. The lowest BCUT2D eigenvalue weighted by Crippen LogP contribution is -2.28. The first kappa shape index (κ1) is 20.3. The topological polar surface area (TPSA) is 102 Å². The molecule has 1 N–H and O–H groups in total. The third kappa shape index (κ3) is 5.03. The monoisotopic (exact) mass is 384 g/mol. The van der Waals surface area contributed by atoms with E-state index in [4.69, 9.17) is 9.47 Å². The van der Waals surface area contributed by atoms with E-state index in [0.717, 1.165) is 4.31 Å². The summed E-state index contributed by atoms with van der Waals surface area (Å²) in [5.74, 6) is -1.18. The molecule has 1 aliphatic rings. The number of carbonyl (C=O) groups excluding carboxylic acids is 2. The highest BCUT2D eigenvalue weighted by atomic mass is 32.2. The number of aryl methyl sites for hydroxylation is 1. The Labute approximate surface area is 153 Å². The number of ether oxygens (including phenoxy) is 2. The van der Waals surface area contributed by atoms with Gasteiger partial charge >= 0.3 is 5.97 Å². The van der Waals surface area contributed by atoms with Crippen molar-refractivity contribution in [2.24, 2.45) is 5.92 Å². The molecule has 1 aromatic rings. The Hall–Kier alpha value is -1.97. The second-order valence-corrected chi connectivity index (χ2v) is 8.43. The summed E-state index contributed by atoms with van der Waals surface area (Å²) in [4.78, 5) is 24.0. The van der Waals surface area contributed by atoms with Crippen LogP contribution in [0, 0.1) is 12.8 Å². The molecule has 1 aliphatic heterocycles. The Morgan fingerprint density at radius 3 is 2.54 bits per heavy atom. The van der Waals surface area contributed by atoms with E-state index >= 15 is 0 Å². The molecule has 9 heteroatoms. The lowest BCUT2D eigenvalue weighted by molar-refractivity contribution is -0.154. The fourth-order valence-electron chi connectivity index (χ4n) is 2.54. The number of amides is 1. The number of nitrogens with zero attached hydrogens (tertiary/aromatic N) is 1. The molecular weight excluding hydrogens is 360 g/mol. The van der Waals surface area contributed by atoms with Gasteiger partial charge in [0.2, 0.25) is 10.0 Å². The number of carbonyl (C=O) groups is 2. The van der Waals surface area contributed by atoms with Gasteiger partial charge in [0.1, 0.15) is 0 Å². The van der Waals surface area contributed by atoms with Crippen molar-refractivity contribution in [2.45, 2.75) is 24.7 Å². The van der Waals surface area contributed by atoms with Gasteiger partial charge in [0.05, 0.1) is 10.8 Å². The summed E-state index contributed by atoms with van der Waals surface area (Å²) in [6, 6.07) is 4.60. The Kier molecular flexibility index (Phi) is 6.74. The maximum absolute atomic E-state index is 12.3. The third-order valence-electron chi connectivity index (χ3n) is 4.13.